The molecule has 9 heteroatoms. The van der Waals surface area contributed by atoms with Gasteiger partial charge in [0.15, 0.2) is 6.61 Å². The van der Waals surface area contributed by atoms with Gasteiger partial charge in [0.05, 0.1) is 11.1 Å². The Bertz CT molecular complexity index is 777. The molecular weight excluding hydrogens is 338 g/mol. The molecule has 0 aromatic heterocycles. The van der Waals surface area contributed by atoms with Gasteiger partial charge in [0, 0.05) is 16.7 Å². The van der Waals surface area contributed by atoms with Crippen LogP contribution in [0, 0.1) is 10.1 Å². The van der Waals surface area contributed by atoms with Gasteiger partial charge >= 0.3 is 0 Å². The lowest BCUT2D eigenvalue weighted by molar-refractivity contribution is -0.398. The van der Waals surface area contributed by atoms with Gasteiger partial charge in [0.2, 0.25) is 0 Å². The number of carbonyl (C=O) groups excluding carboxylic acids is 1. The zero-order chi connectivity index (χ0) is 17.5. The van der Waals surface area contributed by atoms with Gasteiger partial charge in [-0.15, -0.1) is 0 Å². The Balaban J connectivity index is 1.87. The molecule has 1 N–H and O–H groups in total. The first-order valence-electron chi connectivity index (χ1n) is 6.61. The van der Waals surface area contributed by atoms with Crippen LogP contribution in [0.15, 0.2) is 47.6 Å². The number of hydrogen-bond acceptors (Lipinski definition) is 6. The number of amides is 1. The fourth-order valence-corrected chi connectivity index (χ4v) is 1.77. The molecule has 0 saturated heterocycles. The third-order valence-corrected chi connectivity index (χ3v) is 3.02. The first kappa shape index (κ1) is 17.2. The molecule has 0 heterocycles. The van der Waals surface area contributed by atoms with Crippen molar-refractivity contribution < 1.29 is 19.6 Å². The second-order valence-electron chi connectivity index (χ2n) is 4.52. The second-order valence-corrected chi connectivity index (χ2v) is 4.96. The number of hydrogen-bond donors (Lipinski definition) is 1. The quantitative estimate of drug-likeness (QED) is 0.485. The van der Waals surface area contributed by atoms with E-state index in [1.54, 1.807) is 24.3 Å². The number of ether oxygens (including phenoxy) is 1. The molecule has 8 nitrogen and oxygen atoms in total. The van der Waals surface area contributed by atoms with E-state index in [4.69, 9.17) is 16.3 Å². The highest BCUT2D eigenvalue weighted by molar-refractivity contribution is 6.30. The number of nitrogens with zero attached hydrogens (tertiary/aromatic N) is 2. The fourth-order valence-electron chi connectivity index (χ4n) is 1.65. The van der Waals surface area contributed by atoms with E-state index in [2.05, 4.69) is 10.5 Å². The van der Waals surface area contributed by atoms with Crippen LogP contribution in [-0.2, 0) is 4.79 Å². The summed E-state index contributed by atoms with van der Waals surface area (Å²) in [5.74, 6) is -0.742. The number of nitro groups is 1. The van der Waals surface area contributed by atoms with Crippen LogP contribution >= 0.6 is 11.6 Å². The first-order chi connectivity index (χ1) is 11.5. The van der Waals surface area contributed by atoms with Crippen molar-refractivity contribution in [3.63, 3.8) is 0 Å². The zero-order valence-corrected chi connectivity index (χ0v) is 12.9. The SMILES string of the molecule is O=C(COc1ccc(Cl)cc1)N/N=C\c1ccc([O-])c([N+](=O)[O-])c1. The number of hydrazone groups is 1. The third kappa shape index (κ3) is 4.96. The third-order valence-electron chi connectivity index (χ3n) is 2.77. The van der Waals surface area contributed by atoms with Crippen molar-refractivity contribution >= 4 is 29.4 Å². The van der Waals surface area contributed by atoms with Gasteiger partial charge in [-0.05, 0) is 30.0 Å². The minimum absolute atomic E-state index is 0.265. The van der Waals surface area contributed by atoms with Crippen molar-refractivity contribution in [1.29, 1.82) is 0 Å². The van der Waals surface area contributed by atoms with Crippen molar-refractivity contribution in [1.82, 2.24) is 5.43 Å². The lowest BCUT2D eigenvalue weighted by atomic mass is 10.2. The lowest BCUT2D eigenvalue weighted by Gasteiger charge is -2.06. The molecule has 2 rings (SSSR count). The number of benzene rings is 2. The Morgan fingerprint density at radius 2 is 2.00 bits per heavy atom. The summed E-state index contributed by atoms with van der Waals surface area (Å²) in [6, 6.07) is 9.96. The average molecular weight is 349 g/mol. The summed E-state index contributed by atoms with van der Waals surface area (Å²) in [7, 11) is 0. The molecule has 0 aliphatic rings. The van der Waals surface area contributed by atoms with Crippen LogP contribution in [0.2, 0.25) is 5.02 Å². The molecule has 0 spiro atoms. The van der Waals surface area contributed by atoms with E-state index in [0.717, 1.165) is 12.1 Å². The van der Waals surface area contributed by atoms with Crippen LogP contribution in [-0.4, -0.2) is 23.7 Å². The molecule has 0 atom stereocenters. The highest BCUT2D eigenvalue weighted by atomic mass is 35.5. The van der Waals surface area contributed by atoms with Gasteiger partial charge in [0.1, 0.15) is 5.75 Å². The first-order valence-corrected chi connectivity index (χ1v) is 6.99. The minimum atomic E-state index is -0.780. The van der Waals surface area contributed by atoms with Crippen LogP contribution < -0.4 is 15.3 Å². The Kier molecular flexibility index (Phi) is 5.69. The van der Waals surface area contributed by atoms with E-state index in [9.17, 15) is 20.0 Å². The predicted octanol–water partition coefficient (Wildman–Crippen LogP) is 1.85. The molecule has 0 aliphatic carbocycles. The number of halogens is 1. The molecule has 2 aromatic rings. The van der Waals surface area contributed by atoms with Gasteiger partial charge in [-0.2, -0.15) is 5.10 Å². The molecule has 0 aliphatic heterocycles. The summed E-state index contributed by atoms with van der Waals surface area (Å²) >= 11 is 5.73. The Morgan fingerprint density at radius 1 is 1.29 bits per heavy atom. The van der Waals surface area contributed by atoms with Crippen LogP contribution in [0.4, 0.5) is 5.69 Å². The Morgan fingerprint density at radius 3 is 2.67 bits per heavy atom. The second kappa shape index (κ2) is 7.93. The largest absolute Gasteiger partial charge is 0.868 e. The number of nitro benzene ring substituents is 1. The minimum Gasteiger partial charge on any atom is -0.868 e. The van der Waals surface area contributed by atoms with Crippen molar-refractivity contribution in [3.05, 3.63) is 63.2 Å². The van der Waals surface area contributed by atoms with Gasteiger partial charge in [-0.25, -0.2) is 5.43 Å². The van der Waals surface area contributed by atoms with Crippen LogP contribution in [0.1, 0.15) is 5.56 Å². The molecule has 24 heavy (non-hydrogen) atoms. The van der Waals surface area contributed by atoms with Crippen molar-refractivity contribution in [2.24, 2.45) is 5.10 Å². The average Bonchev–Trinajstić information content (AvgIpc) is 2.55. The topological polar surface area (TPSA) is 117 Å². The molecule has 1 amide bonds. The Labute approximate surface area is 141 Å². The summed E-state index contributed by atoms with van der Waals surface area (Å²) in [5, 5.41) is 26.1. The van der Waals surface area contributed by atoms with E-state index < -0.39 is 22.3 Å². The summed E-state index contributed by atoms with van der Waals surface area (Å²) in [5.41, 5.74) is 1.95. The molecule has 0 unspecified atom stereocenters. The zero-order valence-electron chi connectivity index (χ0n) is 12.1. The summed E-state index contributed by atoms with van der Waals surface area (Å²) in [4.78, 5) is 21.5. The number of carbonyl (C=O) groups is 1. The Hall–Kier alpha value is -3.13. The maximum atomic E-state index is 11.6. The van der Waals surface area contributed by atoms with Crippen molar-refractivity contribution in [3.8, 4) is 11.5 Å². The van der Waals surface area contributed by atoms with Gasteiger partial charge in [0.25, 0.3) is 11.6 Å². The van der Waals surface area contributed by atoms with Gasteiger partial charge in [-0.1, -0.05) is 23.7 Å². The fraction of sp³-hybridized carbons (Fsp3) is 0.0667. The van der Waals surface area contributed by atoms with Crippen LogP contribution in [0.25, 0.3) is 0 Å². The van der Waals surface area contributed by atoms with E-state index >= 15 is 0 Å². The van der Waals surface area contributed by atoms with E-state index in [-0.39, 0.29) is 6.61 Å². The summed E-state index contributed by atoms with van der Waals surface area (Å²) < 4.78 is 5.22. The van der Waals surface area contributed by atoms with Gasteiger partial charge in [-0.3, -0.25) is 14.9 Å². The maximum Gasteiger partial charge on any atom is 0.277 e. The summed E-state index contributed by atoms with van der Waals surface area (Å²) in [6.45, 7) is -0.265. The standard InChI is InChI=1S/C15H12ClN3O5/c16-11-2-4-12(5-3-11)24-9-15(21)18-17-8-10-1-6-14(20)13(7-10)19(22)23/h1-8,20H,9H2,(H,18,21)/p-1/b17-8-. The summed E-state index contributed by atoms with van der Waals surface area (Å²) in [6.07, 6.45) is 1.19. The van der Waals surface area contributed by atoms with Crippen LogP contribution in [0.3, 0.4) is 0 Å². The molecule has 0 radical (unpaired) electrons. The molecule has 0 saturated carbocycles. The highest BCUT2D eigenvalue weighted by Crippen LogP contribution is 2.22. The molecule has 0 fully saturated rings. The van der Waals surface area contributed by atoms with Gasteiger partial charge < -0.3 is 9.84 Å². The number of rotatable bonds is 6. The molecular formula is C15H11ClN3O5-. The smallest absolute Gasteiger partial charge is 0.277 e. The van der Waals surface area contributed by atoms with E-state index in [1.165, 1.54) is 12.3 Å². The van der Waals surface area contributed by atoms with Crippen molar-refractivity contribution in [2.75, 3.05) is 6.61 Å². The number of nitrogens with one attached hydrogen (secondary N) is 1. The van der Waals surface area contributed by atoms with Crippen LogP contribution in [0.5, 0.6) is 11.5 Å². The maximum absolute atomic E-state index is 11.6. The monoisotopic (exact) mass is 348 g/mol. The van der Waals surface area contributed by atoms with E-state index in [0.29, 0.717) is 16.3 Å². The normalized spacial score (nSPS) is 10.5. The highest BCUT2D eigenvalue weighted by Gasteiger charge is 2.07. The molecule has 124 valence electrons. The molecule has 2 aromatic carbocycles. The van der Waals surface area contributed by atoms with Crippen molar-refractivity contribution in [2.45, 2.75) is 0 Å². The lowest BCUT2D eigenvalue weighted by Crippen LogP contribution is -2.24. The van der Waals surface area contributed by atoms with E-state index in [1.807, 2.05) is 0 Å². The molecule has 0 bridgehead atoms. The predicted molar refractivity (Wildman–Crippen MR) is 85.2 cm³/mol.